The van der Waals surface area contributed by atoms with Crippen LogP contribution in [0.4, 0.5) is 0 Å². The van der Waals surface area contributed by atoms with Gasteiger partial charge in [-0.3, -0.25) is 14.4 Å². The van der Waals surface area contributed by atoms with Crippen molar-refractivity contribution in [1.29, 1.82) is 0 Å². The Morgan fingerprint density at radius 3 is 2.38 bits per heavy atom. The number of likely N-dealkylation sites (tertiary alicyclic amines) is 1. The minimum absolute atomic E-state index is 0.0641. The zero-order valence-corrected chi connectivity index (χ0v) is 16.8. The average molecular weight is 394 g/mol. The lowest BCUT2D eigenvalue weighted by molar-refractivity contribution is -0.131. The molecule has 1 heterocycles. The number of rotatable bonds is 5. The zero-order valence-electron chi connectivity index (χ0n) is 16.8. The summed E-state index contributed by atoms with van der Waals surface area (Å²) in [7, 11) is 0. The van der Waals surface area contributed by atoms with E-state index in [0.29, 0.717) is 42.4 Å². The fourth-order valence-electron chi connectivity index (χ4n) is 3.43. The SMILES string of the molecule is CC(=O)Oc1cccc(C(=O)N2CCC(CNC(=O)c3ccc(C)cc3)CC2)c1. The molecule has 0 aromatic heterocycles. The van der Waals surface area contributed by atoms with Crippen LogP contribution in [-0.4, -0.2) is 42.3 Å². The van der Waals surface area contributed by atoms with Gasteiger partial charge in [-0.25, -0.2) is 0 Å². The van der Waals surface area contributed by atoms with Crippen LogP contribution in [0.5, 0.6) is 5.75 Å². The lowest BCUT2D eigenvalue weighted by atomic mass is 9.96. The summed E-state index contributed by atoms with van der Waals surface area (Å²) in [4.78, 5) is 37.9. The summed E-state index contributed by atoms with van der Waals surface area (Å²) in [5.74, 6) is 0.174. The van der Waals surface area contributed by atoms with Crippen LogP contribution in [0.25, 0.3) is 0 Å². The summed E-state index contributed by atoms with van der Waals surface area (Å²) < 4.78 is 5.06. The fourth-order valence-corrected chi connectivity index (χ4v) is 3.43. The normalized spacial score (nSPS) is 14.3. The lowest BCUT2D eigenvalue weighted by Crippen LogP contribution is -2.41. The summed E-state index contributed by atoms with van der Waals surface area (Å²) >= 11 is 0. The van der Waals surface area contributed by atoms with Crippen LogP contribution in [0.15, 0.2) is 48.5 Å². The number of benzene rings is 2. The van der Waals surface area contributed by atoms with Crippen molar-refractivity contribution < 1.29 is 19.1 Å². The van der Waals surface area contributed by atoms with Crippen molar-refractivity contribution in [2.24, 2.45) is 5.92 Å². The van der Waals surface area contributed by atoms with Crippen molar-refractivity contribution in [3.8, 4) is 5.75 Å². The van der Waals surface area contributed by atoms with Crippen molar-refractivity contribution in [3.05, 3.63) is 65.2 Å². The van der Waals surface area contributed by atoms with Crippen molar-refractivity contribution >= 4 is 17.8 Å². The third-order valence-corrected chi connectivity index (χ3v) is 5.11. The van der Waals surface area contributed by atoms with E-state index in [-0.39, 0.29) is 11.8 Å². The highest BCUT2D eigenvalue weighted by molar-refractivity contribution is 5.95. The Kier molecular flexibility index (Phi) is 6.65. The molecule has 6 nitrogen and oxygen atoms in total. The first kappa shape index (κ1) is 20.6. The highest BCUT2D eigenvalue weighted by atomic mass is 16.5. The molecule has 0 saturated carbocycles. The maximum Gasteiger partial charge on any atom is 0.308 e. The molecule has 1 N–H and O–H groups in total. The third-order valence-electron chi connectivity index (χ3n) is 5.11. The number of piperidine rings is 1. The first-order valence-corrected chi connectivity index (χ1v) is 9.85. The summed E-state index contributed by atoms with van der Waals surface area (Å²) in [6.45, 7) is 5.21. The van der Waals surface area contributed by atoms with Crippen LogP contribution in [-0.2, 0) is 4.79 Å². The van der Waals surface area contributed by atoms with E-state index in [9.17, 15) is 14.4 Å². The molecular formula is C23H26N2O4. The number of carbonyl (C=O) groups excluding carboxylic acids is 3. The maximum atomic E-state index is 12.7. The monoisotopic (exact) mass is 394 g/mol. The summed E-state index contributed by atoms with van der Waals surface area (Å²) in [6, 6.07) is 14.2. The Labute approximate surface area is 170 Å². The van der Waals surface area contributed by atoms with Gasteiger partial charge in [0.2, 0.25) is 0 Å². The van der Waals surface area contributed by atoms with Gasteiger partial charge in [-0.1, -0.05) is 23.8 Å². The van der Waals surface area contributed by atoms with E-state index in [4.69, 9.17) is 4.74 Å². The van der Waals surface area contributed by atoms with E-state index < -0.39 is 5.97 Å². The number of aryl methyl sites for hydroxylation is 1. The Morgan fingerprint density at radius 1 is 1.03 bits per heavy atom. The second-order valence-electron chi connectivity index (χ2n) is 7.43. The zero-order chi connectivity index (χ0) is 20.8. The van der Waals surface area contributed by atoms with Gasteiger partial charge in [0.1, 0.15) is 5.75 Å². The summed E-state index contributed by atoms with van der Waals surface area (Å²) in [5, 5.41) is 3.00. The molecule has 2 amide bonds. The van der Waals surface area contributed by atoms with Crippen LogP contribution in [0, 0.1) is 12.8 Å². The van der Waals surface area contributed by atoms with E-state index in [1.807, 2.05) is 36.1 Å². The predicted octanol–water partition coefficient (Wildman–Crippen LogP) is 3.20. The number of esters is 1. The standard InChI is InChI=1S/C23H26N2O4/c1-16-6-8-19(9-7-16)22(27)24-15-18-10-12-25(13-11-18)23(28)20-4-3-5-21(14-20)29-17(2)26/h3-9,14,18H,10-13,15H2,1-2H3,(H,24,27). The first-order valence-electron chi connectivity index (χ1n) is 9.85. The molecule has 1 aliphatic rings. The molecule has 1 saturated heterocycles. The second kappa shape index (κ2) is 9.37. The number of nitrogens with one attached hydrogen (secondary N) is 1. The molecule has 0 radical (unpaired) electrons. The molecule has 2 aromatic carbocycles. The highest BCUT2D eigenvalue weighted by Crippen LogP contribution is 2.21. The Bertz CT molecular complexity index is 884. The van der Waals surface area contributed by atoms with Gasteiger partial charge < -0.3 is 15.0 Å². The third kappa shape index (κ3) is 5.67. The van der Waals surface area contributed by atoms with E-state index in [1.165, 1.54) is 6.92 Å². The molecule has 3 rings (SSSR count). The molecule has 29 heavy (non-hydrogen) atoms. The molecular weight excluding hydrogens is 368 g/mol. The molecule has 0 atom stereocenters. The van der Waals surface area contributed by atoms with Crippen LogP contribution in [0.2, 0.25) is 0 Å². The first-order chi connectivity index (χ1) is 13.9. The van der Waals surface area contributed by atoms with Gasteiger partial charge in [0.15, 0.2) is 0 Å². The van der Waals surface area contributed by atoms with Crippen LogP contribution in [0.3, 0.4) is 0 Å². The molecule has 6 heteroatoms. The Hall–Kier alpha value is -3.15. The number of ether oxygens (including phenoxy) is 1. The molecule has 2 aromatic rings. The minimum atomic E-state index is -0.414. The van der Waals surface area contributed by atoms with Crippen LogP contribution < -0.4 is 10.1 Å². The quantitative estimate of drug-likeness (QED) is 0.624. The number of hydrogen-bond donors (Lipinski definition) is 1. The Morgan fingerprint density at radius 2 is 1.72 bits per heavy atom. The smallest absolute Gasteiger partial charge is 0.308 e. The number of hydrogen-bond acceptors (Lipinski definition) is 4. The van der Waals surface area contributed by atoms with Crippen LogP contribution >= 0.6 is 0 Å². The molecule has 0 spiro atoms. The molecule has 0 bridgehead atoms. The van der Waals surface area contributed by atoms with Crippen molar-refractivity contribution in [1.82, 2.24) is 10.2 Å². The fraction of sp³-hybridized carbons (Fsp3) is 0.348. The van der Waals surface area contributed by atoms with Gasteiger partial charge in [-0.2, -0.15) is 0 Å². The highest BCUT2D eigenvalue weighted by Gasteiger charge is 2.24. The topological polar surface area (TPSA) is 75.7 Å². The van der Waals surface area contributed by atoms with Gasteiger partial charge in [0, 0.05) is 37.7 Å². The summed E-state index contributed by atoms with van der Waals surface area (Å²) in [6.07, 6.45) is 1.67. The lowest BCUT2D eigenvalue weighted by Gasteiger charge is -2.32. The maximum absolute atomic E-state index is 12.7. The minimum Gasteiger partial charge on any atom is -0.427 e. The van der Waals surface area contributed by atoms with E-state index in [0.717, 1.165) is 18.4 Å². The van der Waals surface area contributed by atoms with Crippen molar-refractivity contribution in [2.75, 3.05) is 19.6 Å². The molecule has 0 aliphatic carbocycles. The largest absolute Gasteiger partial charge is 0.427 e. The summed E-state index contributed by atoms with van der Waals surface area (Å²) in [5.41, 5.74) is 2.29. The van der Waals surface area contributed by atoms with Gasteiger partial charge in [0.05, 0.1) is 0 Å². The number of amides is 2. The van der Waals surface area contributed by atoms with Gasteiger partial charge >= 0.3 is 5.97 Å². The second-order valence-corrected chi connectivity index (χ2v) is 7.43. The van der Waals surface area contributed by atoms with E-state index in [2.05, 4.69) is 5.32 Å². The van der Waals surface area contributed by atoms with Gasteiger partial charge in [0.25, 0.3) is 11.8 Å². The van der Waals surface area contributed by atoms with Crippen molar-refractivity contribution in [2.45, 2.75) is 26.7 Å². The van der Waals surface area contributed by atoms with Gasteiger partial charge in [-0.05, 0) is 56.0 Å². The van der Waals surface area contributed by atoms with E-state index in [1.54, 1.807) is 24.3 Å². The molecule has 1 aliphatic heterocycles. The van der Waals surface area contributed by atoms with Crippen molar-refractivity contribution in [3.63, 3.8) is 0 Å². The molecule has 152 valence electrons. The van der Waals surface area contributed by atoms with E-state index >= 15 is 0 Å². The number of nitrogens with zero attached hydrogens (tertiary/aromatic N) is 1. The van der Waals surface area contributed by atoms with Crippen LogP contribution in [0.1, 0.15) is 46.0 Å². The Balaban J connectivity index is 1.48. The number of carbonyl (C=O) groups is 3. The van der Waals surface area contributed by atoms with Gasteiger partial charge in [-0.15, -0.1) is 0 Å². The predicted molar refractivity (Wildman–Crippen MR) is 110 cm³/mol. The average Bonchev–Trinajstić information content (AvgIpc) is 2.72. The molecule has 1 fully saturated rings. The molecule has 0 unspecified atom stereocenters.